The second-order valence-corrected chi connectivity index (χ2v) is 15.4. The molecule has 0 saturated heterocycles. The van der Waals surface area contributed by atoms with E-state index >= 15 is 0 Å². The maximum Gasteiger partial charge on any atom is 0.407 e. The topological polar surface area (TPSA) is 155 Å². The van der Waals surface area contributed by atoms with Crippen LogP contribution in [0.3, 0.4) is 0 Å². The van der Waals surface area contributed by atoms with E-state index in [1.807, 2.05) is 104 Å². The highest BCUT2D eigenvalue weighted by atomic mass is 32.1. The zero-order valence-corrected chi connectivity index (χ0v) is 33.0. The second kappa shape index (κ2) is 20.4. The van der Waals surface area contributed by atoms with Crippen molar-refractivity contribution >= 4 is 40.7 Å². The van der Waals surface area contributed by atoms with E-state index in [0.29, 0.717) is 18.5 Å². The number of carbonyl (C=O) groups excluding carboxylic acids is 3. The number of thiazole rings is 2. The molecule has 0 unspecified atom stereocenters. The van der Waals surface area contributed by atoms with Crippen LogP contribution in [0.2, 0.25) is 0 Å². The molecule has 2 heterocycles. The molecule has 0 aliphatic heterocycles. The smallest absolute Gasteiger partial charge is 0.407 e. The number of rotatable bonds is 18. The molecule has 4 amide bonds. The van der Waals surface area contributed by atoms with Gasteiger partial charge in [-0.25, -0.2) is 14.6 Å². The minimum atomic E-state index is -1.07. The highest BCUT2D eigenvalue weighted by molar-refractivity contribution is 7.13. The van der Waals surface area contributed by atoms with Crippen molar-refractivity contribution in [1.82, 2.24) is 30.8 Å². The molecule has 14 heteroatoms. The Morgan fingerprint density at radius 3 is 2.25 bits per heavy atom. The van der Waals surface area contributed by atoms with E-state index in [0.717, 1.165) is 32.3 Å². The third kappa shape index (κ3) is 12.6. The largest absolute Gasteiger partial charge is 0.497 e. The molecular weight excluding hydrogens is 737 g/mol. The number of alkyl carbamates (subject to hydrolysis) is 1. The van der Waals surface area contributed by atoms with Crippen LogP contribution >= 0.6 is 22.7 Å². The molecule has 3 aromatic carbocycles. The number of urea groups is 1. The van der Waals surface area contributed by atoms with Gasteiger partial charge in [0.05, 0.1) is 41.9 Å². The van der Waals surface area contributed by atoms with Gasteiger partial charge in [0, 0.05) is 30.2 Å². The third-order valence-corrected chi connectivity index (χ3v) is 10.6. The van der Waals surface area contributed by atoms with Crippen molar-refractivity contribution in [3.63, 3.8) is 0 Å². The lowest BCUT2D eigenvalue weighted by Crippen LogP contribution is -2.55. The molecule has 0 spiro atoms. The Hall–Kier alpha value is -5.31. The van der Waals surface area contributed by atoms with Gasteiger partial charge in [-0.15, -0.1) is 22.7 Å². The number of benzene rings is 3. The Bertz CT molecular complexity index is 1940. The van der Waals surface area contributed by atoms with E-state index in [4.69, 9.17) is 14.5 Å². The Labute approximate surface area is 329 Å². The molecule has 0 aliphatic rings. The van der Waals surface area contributed by atoms with Gasteiger partial charge in [-0.3, -0.25) is 9.78 Å². The fourth-order valence-electron chi connectivity index (χ4n) is 5.99. The van der Waals surface area contributed by atoms with Gasteiger partial charge in [0.1, 0.15) is 23.4 Å². The van der Waals surface area contributed by atoms with Gasteiger partial charge < -0.3 is 35.4 Å². The zero-order valence-electron chi connectivity index (χ0n) is 31.4. The van der Waals surface area contributed by atoms with Crippen LogP contribution in [0.5, 0.6) is 5.75 Å². The number of methoxy groups -OCH3 is 1. The predicted molar refractivity (Wildman–Crippen MR) is 215 cm³/mol. The fraction of sp³-hybridized carbons (Fsp3) is 0.341. The molecule has 2 aromatic heterocycles. The highest BCUT2D eigenvalue weighted by Gasteiger charge is 2.31. The van der Waals surface area contributed by atoms with Crippen molar-refractivity contribution in [1.29, 1.82) is 0 Å². The Morgan fingerprint density at radius 2 is 1.60 bits per heavy atom. The lowest BCUT2D eigenvalue weighted by molar-refractivity contribution is -0.124. The Balaban J connectivity index is 1.26. The molecule has 5 rings (SSSR count). The first-order chi connectivity index (χ1) is 26.6. The maximum atomic E-state index is 14.0. The number of nitrogens with one attached hydrogen (secondary N) is 3. The monoisotopic (exact) mass is 784 g/mol. The minimum absolute atomic E-state index is 0.0585. The molecule has 0 saturated carbocycles. The highest BCUT2D eigenvalue weighted by Crippen LogP contribution is 2.27. The lowest BCUT2D eigenvalue weighted by atomic mass is 9.93. The quantitative estimate of drug-likeness (QED) is 0.0790. The first kappa shape index (κ1) is 40.9. The molecule has 0 bridgehead atoms. The average Bonchev–Trinajstić information content (AvgIpc) is 3.89. The van der Waals surface area contributed by atoms with Gasteiger partial charge in [-0.05, 0) is 48.4 Å². The van der Waals surface area contributed by atoms with E-state index in [1.54, 1.807) is 25.9 Å². The van der Waals surface area contributed by atoms with Crippen molar-refractivity contribution in [2.45, 2.75) is 70.5 Å². The molecule has 5 aromatic rings. The van der Waals surface area contributed by atoms with Crippen LogP contribution in [0.15, 0.2) is 102 Å². The van der Waals surface area contributed by atoms with E-state index in [-0.39, 0.29) is 31.4 Å². The van der Waals surface area contributed by atoms with Crippen molar-refractivity contribution in [2.24, 2.45) is 5.92 Å². The minimum Gasteiger partial charge on any atom is -0.497 e. The predicted octanol–water partition coefficient (Wildman–Crippen LogP) is 6.46. The number of nitrogens with zero attached hydrogens (tertiary/aromatic N) is 3. The van der Waals surface area contributed by atoms with Crippen LogP contribution in [0.1, 0.15) is 42.0 Å². The summed E-state index contributed by atoms with van der Waals surface area (Å²) in [7, 11) is 3.28. The van der Waals surface area contributed by atoms with Gasteiger partial charge in [-0.2, -0.15) is 0 Å². The summed E-state index contributed by atoms with van der Waals surface area (Å²) in [6.07, 6.45) is 0.763. The van der Waals surface area contributed by atoms with Crippen LogP contribution < -0.4 is 20.7 Å². The number of carbonyl (C=O) groups is 3. The summed E-state index contributed by atoms with van der Waals surface area (Å²) in [5, 5.41) is 23.3. The number of aromatic nitrogens is 2. The fourth-order valence-corrected chi connectivity index (χ4v) is 7.31. The molecule has 4 atom stereocenters. The Morgan fingerprint density at radius 1 is 0.891 bits per heavy atom. The zero-order chi connectivity index (χ0) is 39.2. The molecule has 0 fully saturated rings. The molecule has 4 N–H and O–H groups in total. The van der Waals surface area contributed by atoms with Gasteiger partial charge in [0.2, 0.25) is 5.91 Å². The number of ether oxygens (including phenoxy) is 2. The van der Waals surface area contributed by atoms with Gasteiger partial charge in [-0.1, -0.05) is 86.6 Å². The number of aliphatic hydroxyl groups is 1. The van der Waals surface area contributed by atoms with Crippen molar-refractivity contribution in [3.05, 3.63) is 124 Å². The Kier molecular flexibility index (Phi) is 15.2. The first-order valence-electron chi connectivity index (χ1n) is 18.0. The van der Waals surface area contributed by atoms with Crippen LogP contribution in [0, 0.1) is 5.92 Å². The van der Waals surface area contributed by atoms with Crippen molar-refractivity contribution in [2.75, 3.05) is 14.2 Å². The van der Waals surface area contributed by atoms with Crippen LogP contribution in [-0.4, -0.2) is 76.4 Å². The summed E-state index contributed by atoms with van der Waals surface area (Å²) in [5.74, 6) is 0.103. The summed E-state index contributed by atoms with van der Waals surface area (Å²) in [5.41, 5.74) is 5.17. The summed E-state index contributed by atoms with van der Waals surface area (Å²) in [4.78, 5) is 51.4. The standard InChI is InChI=1S/C41H48N6O6S2/c1-27(2)37(46-40(50)47(3)23-32-25-54-39(44-32)30-16-11-17-33(20-30)52-4)38(49)43-31(18-28-12-7-5-8-13-28)21-36(48)35(19-29-14-9-6-10-15-29)45-41(51)53-24-34-22-42-26-55-34/h5-17,20,22,25-27,31,35-37,48H,18-19,21,23-24H2,1-4H3,(H,43,49)(H,45,51)(H,46,50)/t31-,35-,36-,37-/m0/s1. The molecule has 290 valence electrons. The van der Waals surface area contributed by atoms with Gasteiger partial charge in [0.25, 0.3) is 0 Å². The van der Waals surface area contributed by atoms with E-state index in [2.05, 4.69) is 20.9 Å². The number of aliphatic hydroxyl groups excluding tert-OH is 1. The van der Waals surface area contributed by atoms with E-state index in [9.17, 15) is 19.5 Å². The second-order valence-electron chi connectivity index (χ2n) is 13.6. The molecule has 12 nitrogen and oxygen atoms in total. The van der Waals surface area contributed by atoms with Gasteiger partial charge >= 0.3 is 12.1 Å². The molecule has 0 aliphatic carbocycles. The SMILES string of the molecule is COc1cccc(-c2nc(CN(C)C(=O)N[C@H](C(=O)N[C@@H](Cc3ccccc3)C[C@H](O)[C@H](Cc3ccccc3)NC(=O)OCc3cncs3)C(C)C)cs2)c1. The number of amides is 4. The average molecular weight is 785 g/mol. The molecule has 55 heavy (non-hydrogen) atoms. The van der Waals surface area contributed by atoms with E-state index < -0.39 is 36.4 Å². The molecular formula is C41H48N6O6S2. The van der Waals surface area contributed by atoms with Crippen LogP contribution in [0.25, 0.3) is 10.6 Å². The number of hydrogen-bond donors (Lipinski definition) is 4. The summed E-state index contributed by atoms with van der Waals surface area (Å²) < 4.78 is 10.8. The third-order valence-electron chi connectivity index (χ3n) is 8.93. The van der Waals surface area contributed by atoms with Crippen LogP contribution in [-0.2, 0) is 35.5 Å². The first-order valence-corrected chi connectivity index (χ1v) is 19.8. The normalized spacial score (nSPS) is 13.3. The van der Waals surface area contributed by atoms with Crippen LogP contribution in [0.4, 0.5) is 9.59 Å². The summed E-state index contributed by atoms with van der Waals surface area (Å²) in [6.45, 7) is 4.03. The number of hydrogen-bond acceptors (Lipinski definition) is 10. The molecule has 0 radical (unpaired) electrons. The van der Waals surface area contributed by atoms with Crippen molar-refractivity contribution < 1.29 is 29.0 Å². The lowest BCUT2D eigenvalue weighted by Gasteiger charge is -2.30. The maximum absolute atomic E-state index is 14.0. The van der Waals surface area contributed by atoms with E-state index in [1.165, 1.54) is 27.6 Å². The van der Waals surface area contributed by atoms with Crippen molar-refractivity contribution in [3.8, 4) is 16.3 Å². The summed E-state index contributed by atoms with van der Waals surface area (Å²) in [6, 6.07) is 24.3. The van der Waals surface area contributed by atoms with Gasteiger partial charge in [0.15, 0.2) is 0 Å². The summed E-state index contributed by atoms with van der Waals surface area (Å²) >= 11 is 2.85.